The molecule has 6 heteroatoms. The molecule has 0 fully saturated rings. The van der Waals surface area contributed by atoms with Crippen LogP contribution in [0, 0.1) is 5.21 Å². The third-order valence-electron chi connectivity index (χ3n) is 1.40. The minimum Gasteiger partial charge on any atom is -0.628 e. The normalized spacial score (nSPS) is 9.62. The van der Waals surface area contributed by atoms with Crippen LogP contribution in [0.25, 0.3) is 0 Å². The van der Waals surface area contributed by atoms with Crippen LogP contribution in [0.15, 0.2) is 18.3 Å². The van der Waals surface area contributed by atoms with Crippen molar-refractivity contribution in [1.29, 1.82) is 0 Å². The van der Waals surface area contributed by atoms with Crippen LogP contribution >= 0.6 is 0 Å². The largest absolute Gasteiger partial charge is 0.628 e. The van der Waals surface area contributed by atoms with Crippen molar-refractivity contribution in [1.82, 2.24) is 4.98 Å². The molecular formula is C7H7N3O3. The van der Waals surface area contributed by atoms with Gasteiger partial charge >= 0.3 is 5.91 Å². The second kappa shape index (κ2) is 3.74. The van der Waals surface area contributed by atoms with Crippen molar-refractivity contribution in [3.63, 3.8) is 0 Å². The minimum atomic E-state index is -0.775. The van der Waals surface area contributed by atoms with Gasteiger partial charge in [0.15, 0.2) is 5.69 Å². The van der Waals surface area contributed by atoms with Crippen LogP contribution in [0.4, 0.5) is 0 Å². The Kier molecular flexibility index (Phi) is 2.68. The van der Waals surface area contributed by atoms with Gasteiger partial charge in [0, 0.05) is 11.8 Å². The predicted octanol–water partition coefficient (Wildman–Crippen LogP) is -1.62. The number of nitrogens with two attached hydrogens (primary N) is 2. The summed E-state index contributed by atoms with van der Waals surface area (Å²) in [5.41, 5.74) is 5.17. The van der Waals surface area contributed by atoms with E-state index in [1.807, 2.05) is 0 Å². The number of carbonyl (C=O) groups is 2. The maximum atomic E-state index is 10.8. The summed E-state index contributed by atoms with van der Waals surface area (Å²) in [6.45, 7) is 0. The van der Waals surface area contributed by atoms with Crippen molar-refractivity contribution in [2.24, 2.45) is 5.73 Å². The summed E-state index contributed by atoms with van der Waals surface area (Å²) >= 11 is 0. The Bertz CT molecular complexity index is 351. The van der Waals surface area contributed by atoms with Gasteiger partial charge < -0.3 is 16.4 Å². The first-order valence-electron chi connectivity index (χ1n) is 3.40. The highest BCUT2D eigenvalue weighted by Gasteiger charge is 2.09. The SMILES string of the molecule is NC(=O)c1ccnc(C(=O)[NH2+][O-])c1. The Morgan fingerprint density at radius 2 is 2.23 bits per heavy atom. The lowest BCUT2D eigenvalue weighted by Gasteiger charge is -2.00. The molecule has 6 nitrogen and oxygen atoms in total. The number of hydroxylamine groups is 1. The maximum absolute atomic E-state index is 10.8. The number of quaternary nitrogens is 1. The van der Waals surface area contributed by atoms with Crippen molar-refractivity contribution in [2.75, 3.05) is 0 Å². The average molecular weight is 181 g/mol. The van der Waals surface area contributed by atoms with Crippen LogP contribution in [0.2, 0.25) is 0 Å². The van der Waals surface area contributed by atoms with E-state index in [-0.39, 0.29) is 16.7 Å². The molecule has 0 saturated heterocycles. The summed E-state index contributed by atoms with van der Waals surface area (Å²) in [4.78, 5) is 25.1. The topological polar surface area (TPSA) is 113 Å². The number of pyridine rings is 1. The quantitative estimate of drug-likeness (QED) is 0.534. The first kappa shape index (κ1) is 9.30. The maximum Gasteiger partial charge on any atom is 0.361 e. The molecule has 0 saturated carbocycles. The average Bonchev–Trinajstić information content (AvgIpc) is 2.17. The zero-order valence-corrected chi connectivity index (χ0v) is 6.56. The first-order valence-corrected chi connectivity index (χ1v) is 3.40. The van der Waals surface area contributed by atoms with Crippen LogP contribution in [0.3, 0.4) is 0 Å². The molecule has 68 valence electrons. The highest BCUT2D eigenvalue weighted by Crippen LogP contribution is 1.99. The second-order valence-corrected chi connectivity index (χ2v) is 2.28. The van der Waals surface area contributed by atoms with E-state index in [1.54, 1.807) is 0 Å². The number of aromatic nitrogens is 1. The monoisotopic (exact) mass is 181 g/mol. The zero-order chi connectivity index (χ0) is 9.84. The molecule has 4 N–H and O–H groups in total. The summed E-state index contributed by atoms with van der Waals surface area (Å²) in [7, 11) is 0. The van der Waals surface area contributed by atoms with E-state index in [0.29, 0.717) is 0 Å². The van der Waals surface area contributed by atoms with E-state index in [0.717, 1.165) is 0 Å². The molecule has 1 heterocycles. The number of hydrogen-bond donors (Lipinski definition) is 2. The number of nitrogens with zero attached hydrogens (tertiary/aromatic N) is 1. The molecule has 0 spiro atoms. The molecule has 0 aromatic carbocycles. The Hall–Kier alpha value is -1.79. The van der Waals surface area contributed by atoms with Crippen molar-refractivity contribution >= 4 is 11.8 Å². The van der Waals surface area contributed by atoms with Crippen LogP contribution in [-0.2, 0) is 0 Å². The fourth-order valence-corrected chi connectivity index (χ4v) is 0.779. The summed E-state index contributed by atoms with van der Waals surface area (Å²) in [5, 5.41) is 10.1. The third-order valence-corrected chi connectivity index (χ3v) is 1.40. The van der Waals surface area contributed by atoms with Gasteiger partial charge in [0.05, 0.1) is 0 Å². The van der Waals surface area contributed by atoms with E-state index in [4.69, 9.17) is 5.73 Å². The van der Waals surface area contributed by atoms with Gasteiger partial charge in [-0.3, -0.25) is 4.79 Å². The minimum absolute atomic E-state index is 0.0775. The van der Waals surface area contributed by atoms with Crippen LogP contribution in [-0.4, -0.2) is 16.8 Å². The Labute approximate surface area is 73.3 Å². The lowest BCUT2D eigenvalue weighted by molar-refractivity contribution is -0.482. The fourth-order valence-electron chi connectivity index (χ4n) is 0.779. The Morgan fingerprint density at radius 1 is 1.54 bits per heavy atom. The highest BCUT2D eigenvalue weighted by molar-refractivity contribution is 5.95. The first-order chi connectivity index (χ1) is 6.15. The van der Waals surface area contributed by atoms with Crippen LogP contribution in [0.5, 0.6) is 0 Å². The molecule has 1 aromatic rings. The van der Waals surface area contributed by atoms with Crippen LogP contribution in [0.1, 0.15) is 20.8 Å². The van der Waals surface area contributed by atoms with Gasteiger partial charge in [0.1, 0.15) is 0 Å². The van der Waals surface area contributed by atoms with E-state index in [1.165, 1.54) is 18.3 Å². The van der Waals surface area contributed by atoms with Gasteiger partial charge in [-0.1, -0.05) is 0 Å². The third kappa shape index (κ3) is 2.08. The molecule has 0 aliphatic heterocycles. The fraction of sp³-hybridized carbons (Fsp3) is 0. The molecule has 1 rings (SSSR count). The molecule has 0 unspecified atom stereocenters. The van der Waals surface area contributed by atoms with Gasteiger partial charge in [-0.2, -0.15) is 0 Å². The molecule has 0 aliphatic carbocycles. The number of carbonyl (C=O) groups excluding carboxylic acids is 2. The highest BCUT2D eigenvalue weighted by atomic mass is 16.5. The lowest BCUT2D eigenvalue weighted by Crippen LogP contribution is -2.81. The van der Waals surface area contributed by atoms with Crippen molar-refractivity contribution in [3.8, 4) is 0 Å². The molecule has 2 amide bonds. The number of rotatable bonds is 2. The van der Waals surface area contributed by atoms with Crippen molar-refractivity contribution in [2.45, 2.75) is 0 Å². The summed E-state index contributed by atoms with van der Waals surface area (Å²) in [6.07, 6.45) is 1.25. The van der Waals surface area contributed by atoms with E-state index in [2.05, 4.69) is 4.98 Å². The van der Waals surface area contributed by atoms with E-state index < -0.39 is 11.8 Å². The van der Waals surface area contributed by atoms with Crippen molar-refractivity contribution < 1.29 is 15.1 Å². The molecule has 0 bridgehead atoms. The summed E-state index contributed by atoms with van der Waals surface area (Å²) < 4.78 is 0. The van der Waals surface area contributed by atoms with Gasteiger partial charge in [-0.05, 0) is 12.1 Å². The van der Waals surface area contributed by atoms with Crippen LogP contribution < -0.4 is 11.2 Å². The molecule has 0 aliphatic rings. The Morgan fingerprint density at radius 3 is 2.77 bits per heavy atom. The molecule has 1 aromatic heterocycles. The van der Waals surface area contributed by atoms with Crippen molar-refractivity contribution in [3.05, 3.63) is 34.8 Å². The molecule has 0 radical (unpaired) electrons. The molecule has 0 atom stereocenters. The number of hydrogen-bond acceptors (Lipinski definition) is 4. The van der Waals surface area contributed by atoms with Gasteiger partial charge in [-0.15, -0.1) is 0 Å². The zero-order valence-electron chi connectivity index (χ0n) is 6.56. The summed E-state index contributed by atoms with van der Waals surface area (Å²) in [6, 6.07) is 2.54. The van der Waals surface area contributed by atoms with E-state index in [9.17, 15) is 14.8 Å². The van der Waals surface area contributed by atoms with E-state index >= 15 is 0 Å². The molecular weight excluding hydrogens is 174 g/mol. The smallest absolute Gasteiger partial charge is 0.361 e. The van der Waals surface area contributed by atoms with Gasteiger partial charge in [0.25, 0.3) is 0 Å². The summed E-state index contributed by atoms with van der Waals surface area (Å²) in [5.74, 6) is -1.44. The standard InChI is InChI=1S/C7H7N3O3/c8-6(11)4-1-2-9-5(3-4)7(12)10-13/h1-3H,10H2,(H2,8,11). The number of primary amides is 2. The van der Waals surface area contributed by atoms with Gasteiger partial charge in [0.2, 0.25) is 5.91 Å². The number of amides is 2. The second-order valence-electron chi connectivity index (χ2n) is 2.28. The lowest BCUT2D eigenvalue weighted by atomic mass is 10.2. The molecule has 13 heavy (non-hydrogen) atoms. The predicted molar refractivity (Wildman–Crippen MR) is 42.4 cm³/mol. The van der Waals surface area contributed by atoms with Gasteiger partial charge in [-0.25, -0.2) is 9.78 Å². The Balaban J connectivity index is 3.05.